The first-order valence-electron chi connectivity index (χ1n) is 15.6. The van der Waals surface area contributed by atoms with E-state index in [2.05, 4.69) is 23.6 Å². The van der Waals surface area contributed by atoms with Crippen molar-refractivity contribution in [2.45, 2.75) is 121 Å². The molecule has 11 atom stereocenters. The number of aliphatic carboxylic acids is 1. The number of carbonyl (C=O) groups excluding carboxylic acids is 2. The standard InChI is InChI=1S/C30H52N2O12/c1-5-7-8-9-10-11-15-41-16-19(33)31-13-14-32-28(38)25-20(17(3)12-6-2)22(35)24(37)30(43-25)44-26-23(36)21(34)18(4)42-27(26)29(39)40/h9-10,17-18,20-27,30,34-37H,5-8,11-16H2,1-4H3,(H,31,33)(H,32,38)(H,39,40)/b10-9+. The molecule has 0 spiro atoms. The third kappa shape index (κ3) is 11.0. The molecule has 0 radical (unpaired) electrons. The number of carbonyl (C=O) groups is 3. The molecule has 0 bridgehead atoms. The smallest absolute Gasteiger partial charge is 0.335 e. The van der Waals surface area contributed by atoms with Crippen molar-refractivity contribution in [2.75, 3.05) is 26.3 Å². The summed E-state index contributed by atoms with van der Waals surface area (Å²) >= 11 is 0. The Hall–Kier alpha value is -2.17. The predicted molar refractivity (Wildman–Crippen MR) is 157 cm³/mol. The molecule has 2 heterocycles. The Morgan fingerprint density at radius 2 is 1.57 bits per heavy atom. The van der Waals surface area contributed by atoms with E-state index in [0.29, 0.717) is 19.4 Å². The molecule has 2 fully saturated rings. The van der Waals surface area contributed by atoms with Gasteiger partial charge in [0.1, 0.15) is 37.1 Å². The second kappa shape index (κ2) is 19.4. The van der Waals surface area contributed by atoms with Crippen LogP contribution in [0.25, 0.3) is 0 Å². The van der Waals surface area contributed by atoms with Crippen LogP contribution in [0.15, 0.2) is 12.2 Å². The maximum absolute atomic E-state index is 13.3. The van der Waals surface area contributed by atoms with Crippen molar-refractivity contribution in [3.63, 3.8) is 0 Å². The Bertz CT molecular complexity index is 920. The van der Waals surface area contributed by atoms with Crippen LogP contribution in [-0.2, 0) is 33.3 Å². The van der Waals surface area contributed by atoms with Crippen LogP contribution in [-0.4, -0.2) is 125 Å². The molecule has 14 heteroatoms. The van der Waals surface area contributed by atoms with Crippen LogP contribution >= 0.6 is 0 Å². The highest BCUT2D eigenvalue weighted by Gasteiger charge is 2.53. The Morgan fingerprint density at radius 1 is 0.886 bits per heavy atom. The molecule has 0 aliphatic carbocycles. The number of aliphatic hydroxyl groups excluding tert-OH is 4. The van der Waals surface area contributed by atoms with Gasteiger partial charge in [0.25, 0.3) is 0 Å². The van der Waals surface area contributed by atoms with Crippen LogP contribution in [0, 0.1) is 11.8 Å². The maximum Gasteiger partial charge on any atom is 0.335 e. The van der Waals surface area contributed by atoms with Gasteiger partial charge in [-0.15, -0.1) is 0 Å². The summed E-state index contributed by atoms with van der Waals surface area (Å²) in [6.07, 6.45) is -4.40. The zero-order valence-corrected chi connectivity index (χ0v) is 26.2. The molecule has 2 saturated heterocycles. The fourth-order valence-electron chi connectivity index (χ4n) is 5.47. The second-order valence-corrected chi connectivity index (χ2v) is 11.5. The monoisotopic (exact) mass is 632 g/mol. The van der Waals surface area contributed by atoms with Crippen LogP contribution < -0.4 is 10.6 Å². The van der Waals surface area contributed by atoms with Crippen molar-refractivity contribution in [3.05, 3.63) is 12.2 Å². The number of rotatable bonds is 18. The molecule has 2 rings (SSSR count). The zero-order valence-electron chi connectivity index (χ0n) is 26.2. The SMILES string of the molecule is CCCC/C=C/CCOCC(=O)NCCNC(=O)C1OC(OC2C(C(=O)O)OC(C)C(O)C2O)C(O)C(O)C1C(C)CCC. The molecule has 44 heavy (non-hydrogen) atoms. The highest BCUT2D eigenvalue weighted by atomic mass is 16.7. The number of carboxylic acids is 1. The first kappa shape index (κ1) is 38.0. The molecular weight excluding hydrogens is 580 g/mol. The maximum atomic E-state index is 13.3. The lowest BCUT2D eigenvalue weighted by molar-refractivity contribution is -0.328. The van der Waals surface area contributed by atoms with Crippen molar-refractivity contribution < 1.29 is 58.9 Å². The lowest BCUT2D eigenvalue weighted by Gasteiger charge is -2.47. The lowest BCUT2D eigenvalue weighted by atomic mass is 9.77. The third-order valence-electron chi connectivity index (χ3n) is 7.97. The van der Waals surface area contributed by atoms with Gasteiger partial charge < -0.3 is 55.1 Å². The number of amides is 2. The summed E-state index contributed by atoms with van der Waals surface area (Å²) in [7, 11) is 0. The number of hydrogen-bond donors (Lipinski definition) is 7. The van der Waals surface area contributed by atoms with E-state index in [1.807, 2.05) is 19.9 Å². The summed E-state index contributed by atoms with van der Waals surface area (Å²) in [5.74, 6) is -3.58. The van der Waals surface area contributed by atoms with Crippen molar-refractivity contribution in [1.82, 2.24) is 10.6 Å². The van der Waals surface area contributed by atoms with E-state index in [-0.39, 0.29) is 31.5 Å². The molecule has 2 amide bonds. The van der Waals surface area contributed by atoms with Gasteiger partial charge >= 0.3 is 5.97 Å². The van der Waals surface area contributed by atoms with Crippen molar-refractivity contribution in [1.29, 1.82) is 0 Å². The normalized spacial score (nSPS) is 33.2. The topological polar surface area (TPSA) is 213 Å². The first-order valence-corrected chi connectivity index (χ1v) is 15.6. The Labute approximate surface area is 259 Å². The number of aliphatic hydroxyl groups is 4. The van der Waals surface area contributed by atoms with Gasteiger partial charge in [0.2, 0.25) is 11.8 Å². The minimum absolute atomic E-state index is 0.0317. The third-order valence-corrected chi connectivity index (χ3v) is 7.97. The van der Waals surface area contributed by atoms with Gasteiger partial charge in [-0.2, -0.15) is 0 Å². The molecule has 254 valence electrons. The zero-order chi connectivity index (χ0) is 32.8. The van der Waals surface area contributed by atoms with Crippen molar-refractivity contribution in [3.8, 4) is 0 Å². The average molecular weight is 633 g/mol. The van der Waals surface area contributed by atoms with E-state index in [1.165, 1.54) is 6.92 Å². The van der Waals surface area contributed by atoms with Gasteiger partial charge in [-0.3, -0.25) is 9.59 Å². The molecule has 0 aromatic carbocycles. The van der Waals surface area contributed by atoms with E-state index in [4.69, 9.17) is 18.9 Å². The van der Waals surface area contributed by atoms with Gasteiger partial charge in [0.15, 0.2) is 12.4 Å². The summed E-state index contributed by atoms with van der Waals surface area (Å²) in [5.41, 5.74) is 0. The number of nitrogens with one attached hydrogen (secondary N) is 2. The molecule has 0 aromatic rings. The Balaban J connectivity index is 1.98. The van der Waals surface area contributed by atoms with Gasteiger partial charge in [-0.25, -0.2) is 4.79 Å². The minimum atomic E-state index is -1.73. The van der Waals surface area contributed by atoms with E-state index in [9.17, 15) is 39.9 Å². The Morgan fingerprint density at radius 3 is 2.23 bits per heavy atom. The average Bonchev–Trinajstić information content (AvgIpc) is 2.98. The van der Waals surface area contributed by atoms with Crippen molar-refractivity contribution >= 4 is 17.8 Å². The fourth-order valence-corrected chi connectivity index (χ4v) is 5.47. The number of unbranched alkanes of at least 4 members (excludes halogenated alkanes) is 2. The highest BCUT2D eigenvalue weighted by Crippen LogP contribution is 2.36. The number of carboxylic acid groups (broad SMARTS) is 1. The fraction of sp³-hybridized carbons (Fsp3) is 0.833. The van der Waals surface area contributed by atoms with E-state index < -0.39 is 72.9 Å². The summed E-state index contributed by atoms with van der Waals surface area (Å²) in [5, 5.41) is 57.7. The molecule has 2 aliphatic rings. The quantitative estimate of drug-likeness (QED) is 0.0776. The molecular formula is C30H52N2O12. The van der Waals surface area contributed by atoms with Crippen LogP contribution in [0.1, 0.15) is 66.2 Å². The Kier molecular flexibility index (Phi) is 16.7. The summed E-state index contributed by atoms with van der Waals surface area (Å²) in [6, 6.07) is 0. The summed E-state index contributed by atoms with van der Waals surface area (Å²) in [4.78, 5) is 37.2. The van der Waals surface area contributed by atoms with E-state index in [0.717, 1.165) is 25.7 Å². The van der Waals surface area contributed by atoms with Crippen LogP contribution in [0.5, 0.6) is 0 Å². The van der Waals surface area contributed by atoms with Gasteiger partial charge in [-0.05, 0) is 25.7 Å². The van der Waals surface area contributed by atoms with Crippen LogP contribution in [0.2, 0.25) is 0 Å². The largest absolute Gasteiger partial charge is 0.479 e. The summed E-state index contributed by atoms with van der Waals surface area (Å²) < 4.78 is 22.1. The van der Waals surface area contributed by atoms with E-state index in [1.54, 1.807) is 0 Å². The lowest BCUT2D eigenvalue weighted by Crippen LogP contribution is -2.65. The van der Waals surface area contributed by atoms with E-state index >= 15 is 0 Å². The molecule has 14 nitrogen and oxygen atoms in total. The molecule has 11 unspecified atom stereocenters. The number of hydrogen-bond acceptors (Lipinski definition) is 11. The second-order valence-electron chi connectivity index (χ2n) is 11.5. The minimum Gasteiger partial charge on any atom is -0.479 e. The van der Waals surface area contributed by atoms with Gasteiger partial charge in [0, 0.05) is 19.0 Å². The number of ether oxygens (including phenoxy) is 4. The van der Waals surface area contributed by atoms with Gasteiger partial charge in [0.05, 0.1) is 18.8 Å². The number of allylic oxidation sites excluding steroid dienone is 1. The molecule has 2 aliphatic heterocycles. The van der Waals surface area contributed by atoms with Crippen LogP contribution in [0.3, 0.4) is 0 Å². The predicted octanol–water partition coefficient (Wildman–Crippen LogP) is -0.150. The van der Waals surface area contributed by atoms with Crippen molar-refractivity contribution in [2.24, 2.45) is 11.8 Å². The first-order chi connectivity index (χ1) is 20.9. The molecule has 0 aromatic heterocycles. The molecule has 0 saturated carbocycles. The van der Waals surface area contributed by atoms with Gasteiger partial charge in [-0.1, -0.05) is 58.6 Å². The highest BCUT2D eigenvalue weighted by molar-refractivity contribution is 5.81. The van der Waals surface area contributed by atoms with Crippen LogP contribution in [0.4, 0.5) is 0 Å². The summed E-state index contributed by atoms with van der Waals surface area (Å²) in [6.45, 7) is 7.68. The molecule has 7 N–H and O–H groups in total.